The summed E-state index contributed by atoms with van der Waals surface area (Å²) in [4.78, 5) is 4.41. The molecule has 0 aliphatic carbocycles. The Labute approximate surface area is 119 Å². The first kappa shape index (κ1) is 13.2. The smallest absolute Gasteiger partial charge is 0.134 e. The van der Waals surface area contributed by atoms with Crippen LogP contribution >= 0.6 is 11.3 Å². The Morgan fingerprint density at radius 1 is 1.45 bits per heavy atom. The quantitative estimate of drug-likeness (QED) is 0.573. The molecule has 2 heterocycles. The van der Waals surface area contributed by atoms with Gasteiger partial charge in [-0.15, -0.1) is 11.3 Å². The largest absolute Gasteiger partial charge is 0.459 e. The summed E-state index contributed by atoms with van der Waals surface area (Å²) in [6, 6.07) is 6.07. The van der Waals surface area contributed by atoms with Crippen molar-refractivity contribution in [3.05, 3.63) is 51.9 Å². The van der Waals surface area contributed by atoms with Crippen LogP contribution in [0.5, 0.6) is 0 Å². The van der Waals surface area contributed by atoms with E-state index in [2.05, 4.69) is 10.4 Å². The highest BCUT2D eigenvalue weighted by molar-refractivity contribution is 7.09. The maximum absolute atomic E-state index is 13.2. The average Bonchev–Trinajstić information content (AvgIpc) is 3.01. The minimum Gasteiger partial charge on any atom is -0.459 e. The fraction of sp³-hybridized carbons (Fsp3) is 0.214. The van der Waals surface area contributed by atoms with E-state index in [4.69, 9.17) is 10.3 Å². The van der Waals surface area contributed by atoms with Crippen LogP contribution in [0.25, 0.3) is 11.0 Å². The van der Waals surface area contributed by atoms with Crippen molar-refractivity contribution in [2.75, 3.05) is 0 Å². The van der Waals surface area contributed by atoms with Crippen LogP contribution in [0.1, 0.15) is 22.5 Å². The van der Waals surface area contributed by atoms with Crippen molar-refractivity contribution in [1.82, 2.24) is 10.4 Å². The van der Waals surface area contributed by atoms with Crippen LogP contribution in [-0.2, 0) is 6.42 Å². The van der Waals surface area contributed by atoms with E-state index in [1.54, 1.807) is 17.4 Å². The lowest BCUT2D eigenvalue weighted by atomic mass is 10.1. The molecule has 1 atom stereocenters. The fourth-order valence-electron chi connectivity index (χ4n) is 2.16. The number of fused-ring (bicyclic) bond motifs is 1. The van der Waals surface area contributed by atoms with Crippen LogP contribution in [0.4, 0.5) is 4.39 Å². The third-order valence-electron chi connectivity index (χ3n) is 3.12. The zero-order valence-electron chi connectivity index (χ0n) is 10.9. The van der Waals surface area contributed by atoms with E-state index in [0.29, 0.717) is 17.8 Å². The number of thiazole rings is 1. The van der Waals surface area contributed by atoms with Crippen molar-refractivity contribution >= 4 is 22.3 Å². The molecule has 6 heteroatoms. The van der Waals surface area contributed by atoms with Crippen LogP contribution < -0.4 is 11.3 Å². The molecule has 0 spiro atoms. The van der Waals surface area contributed by atoms with Gasteiger partial charge in [-0.2, -0.15) is 0 Å². The van der Waals surface area contributed by atoms with Gasteiger partial charge in [0.1, 0.15) is 17.2 Å². The molecule has 1 aromatic carbocycles. The summed E-state index contributed by atoms with van der Waals surface area (Å²) in [5.74, 6) is 6.00. The number of nitrogens with two attached hydrogens (primary N) is 1. The van der Waals surface area contributed by atoms with E-state index >= 15 is 0 Å². The van der Waals surface area contributed by atoms with Gasteiger partial charge >= 0.3 is 0 Å². The van der Waals surface area contributed by atoms with Crippen LogP contribution in [-0.4, -0.2) is 4.98 Å². The van der Waals surface area contributed by atoms with Gasteiger partial charge in [0.05, 0.1) is 16.7 Å². The molecule has 2 aromatic heterocycles. The predicted octanol–water partition coefficient (Wildman–Crippen LogP) is 3.08. The summed E-state index contributed by atoms with van der Waals surface area (Å²) in [5, 5.41) is 3.75. The molecular weight excluding hydrogens is 277 g/mol. The molecule has 104 valence electrons. The predicted molar refractivity (Wildman–Crippen MR) is 76.8 cm³/mol. The van der Waals surface area contributed by atoms with Gasteiger partial charge in [-0.05, 0) is 31.2 Å². The first-order chi connectivity index (χ1) is 9.65. The van der Waals surface area contributed by atoms with Gasteiger partial charge in [-0.25, -0.2) is 14.8 Å². The summed E-state index contributed by atoms with van der Waals surface area (Å²) in [7, 11) is 0. The molecular formula is C14H14FN3OS. The SMILES string of the molecule is Cc1nc(CC(NN)c2cc3cc(F)ccc3o2)cs1. The van der Waals surface area contributed by atoms with Crippen LogP contribution in [0.3, 0.4) is 0 Å². The van der Waals surface area contributed by atoms with Gasteiger partial charge < -0.3 is 4.42 Å². The number of aryl methyl sites for hydroxylation is 1. The third kappa shape index (κ3) is 2.58. The Hall–Kier alpha value is -1.76. The van der Waals surface area contributed by atoms with Crippen molar-refractivity contribution < 1.29 is 8.81 Å². The summed E-state index contributed by atoms with van der Waals surface area (Å²) in [6.45, 7) is 1.96. The fourth-order valence-corrected chi connectivity index (χ4v) is 2.78. The number of rotatable bonds is 4. The second kappa shape index (κ2) is 5.32. The summed E-state index contributed by atoms with van der Waals surface area (Å²) < 4.78 is 18.9. The van der Waals surface area contributed by atoms with Gasteiger partial charge in [0, 0.05) is 17.2 Å². The van der Waals surface area contributed by atoms with Gasteiger partial charge in [-0.3, -0.25) is 5.84 Å². The highest BCUT2D eigenvalue weighted by atomic mass is 32.1. The molecule has 4 nitrogen and oxygen atoms in total. The van der Waals surface area contributed by atoms with E-state index in [0.717, 1.165) is 16.1 Å². The minimum atomic E-state index is -0.280. The Balaban J connectivity index is 1.90. The van der Waals surface area contributed by atoms with Crippen LogP contribution in [0, 0.1) is 12.7 Å². The standard InChI is InChI=1S/C14H14FN3OS/c1-8-17-11(7-20-8)6-12(18-16)14-5-9-4-10(15)2-3-13(9)19-14/h2-5,7,12,18H,6,16H2,1H3. The number of halogens is 1. The first-order valence-corrected chi connectivity index (χ1v) is 7.10. The van der Waals surface area contributed by atoms with Gasteiger partial charge in [0.25, 0.3) is 0 Å². The molecule has 1 unspecified atom stereocenters. The Morgan fingerprint density at radius 2 is 2.30 bits per heavy atom. The lowest BCUT2D eigenvalue weighted by Gasteiger charge is -2.11. The minimum absolute atomic E-state index is 0.188. The number of nitrogens with zero attached hydrogens (tertiary/aromatic N) is 1. The number of nitrogens with one attached hydrogen (secondary N) is 1. The van der Waals surface area contributed by atoms with Crippen LogP contribution in [0.15, 0.2) is 34.1 Å². The molecule has 0 bridgehead atoms. The van der Waals surface area contributed by atoms with Crippen molar-refractivity contribution in [2.24, 2.45) is 5.84 Å². The molecule has 0 aliphatic heterocycles. The van der Waals surface area contributed by atoms with Gasteiger partial charge in [-0.1, -0.05) is 0 Å². The summed E-state index contributed by atoms with van der Waals surface area (Å²) in [5.41, 5.74) is 4.34. The number of aromatic nitrogens is 1. The molecule has 0 aliphatic rings. The van der Waals surface area contributed by atoms with Crippen molar-refractivity contribution in [3.8, 4) is 0 Å². The molecule has 0 saturated heterocycles. The average molecular weight is 291 g/mol. The van der Waals surface area contributed by atoms with Crippen molar-refractivity contribution in [2.45, 2.75) is 19.4 Å². The molecule has 3 N–H and O–H groups in total. The van der Waals surface area contributed by atoms with E-state index in [-0.39, 0.29) is 11.9 Å². The number of benzene rings is 1. The molecule has 3 aromatic rings. The molecule has 3 rings (SSSR count). The third-order valence-corrected chi connectivity index (χ3v) is 3.94. The molecule has 0 fully saturated rings. The monoisotopic (exact) mass is 291 g/mol. The number of hydrazine groups is 1. The molecule has 0 saturated carbocycles. The first-order valence-electron chi connectivity index (χ1n) is 6.22. The number of hydrogen-bond acceptors (Lipinski definition) is 5. The highest BCUT2D eigenvalue weighted by Crippen LogP contribution is 2.26. The topological polar surface area (TPSA) is 64.1 Å². The molecule has 0 amide bonds. The van der Waals surface area contributed by atoms with Gasteiger partial charge in [0.15, 0.2) is 0 Å². The highest BCUT2D eigenvalue weighted by Gasteiger charge is 2.17. The summed E-state index contributed by atoms with van der Waals surface area (Å²) in [6.07, 6.45) is 0.628. The second-order valence-electron chi connectivity index (χ2n) is 4.61. The Morgan fingerprint density at radius 3 is 3.00 bits per heavy atom. The van der Waals surface area contributed by atoms with E-state index < -0.39 is 0 Å². The summed E-state index contributed by atoms with van der Waals surface area (Å²) >= 11 is 1.60. The maximum atomic E-state index is 13.2. The zero-order valence-corrected chi connectivity index (χ0v) is 11.7. The lowest BCUT2D eigenvalue weighted by molar-refractivity contribution is 0.432. The molecule has 20 heavy (non-hydrogen) atoms. The Bertz CT molecular complexity index is 737. The van der Waals surface area contributed by atoms with E-state index in [1.807, 2.05) is 18.4 Å². The second-order valence-corrected chi connectivity index (χ2v) is 5.67. The number of hydrogen-bond donors (Lipinski definition) is 2. The maximum Gasteiger partial charge on any atom is 0.134 e. The number of furan rings is 1. The van der Waals surface area contributed by atoms with Crippen LogP contribution in [0.2, 0.25) is 0 Å². The van der Waals surface area contributed by atoms with Crippen molar-refractivity contribution in [3.63, 3.8) is 0 Å². The van der Waals surface area contributed by atoms with Gasteiger partial charge in [0.2, 0.25) is 0 Å². The normalized spacial score (nSPS) is 12.9. The van der Waals surface area contributed by atoms with E-state index in [1.165, 1.54) is 12.1 Å². The zero-order chi connectivity index (χ0) is 14.1. The van der Waals surface area contributed by atoms with E-state index in [9.17, 15) is 4.39 Å². The van der Waals surface area contributed by atoms with Crippen molar-refractivity contribution in [1.29, 1.82) is 0 Å². The molecule has 0 radical (unpaired) electrons. The lowest BCUT2D eigenvalue weighted by Crippen LogP contribution is -2.29. The Kier molecular flexibility index (Phi) is 3.52.